The monoisotopic (exact) mass is 424 g/mol. The van der Waals surface area contributed by atoms with Crippen LogP contribution >= 0.6 is 24.0 Å². The maximum atomic E-state index is 12.7. The van der Waals surface area contributed by atoms with Gasteiger partial charge in [0.15, 0.2) is 0 Å². The second-order valence-electron chi connectivity index (χ2n) is 6.16. The van der Waals surface area contributed by atoms with Crippen LogP contribution in [0.3, 0.4) is 0 Å². The van der Waals surface area contributed by atoms with Crippen molar-refractivity contribution in [2.75, 3.05) is 26.7 Å². The van der Waals surface area contributed by atoms with Crippen molar-refractivity contribution in [3.63, 3.8) is 0 Å². The predicted octanol–water partition coefficient (Wildman–Crippen LogP) is 2.80. The Bertz CT molecular complexity index is 817. The van der Waals surface area contributed by atoms with Crippen molar-refractivity contribution in [3.8, 4) is 0 Å². The molecule has 2 N–H and O–H groups in total. The van der Waals surface area contributed by atoms with Crippen LogP contribution in [-0.4, -0.2) is 48.6 Å². The molecule has 0 radical (unpaired) electrons. The lowest BCUT2D eigenvalue weighted by Gasteiger charge is -2.36. The second kappa shape index (κ2) is 10.3. The molecule has 9 heteroatoms. The lowest BCUT2D eigenvalue weighted by Crippen LogP contribution is -2.51. The molecule has 1 saturated heterocycles. The van der Waals surface area contributed by atoms with E-state index >= 15 is 0 Å². The van der Waals surface area contributed by atoms with Gasteiger partial charge < -0.3 is 20.3 Å². The quantitative estimate of drug-likeness (QED) is 0.737. The van der Waals surface area contributed by atoms with Gasteiger partial charge in [-0.2, -0.15) is 0 Å². The van der Waals surface area contributed by atoms with Crippen LogP contribution in [0.15, 0.2) is 42.6 Å². The number of nitrogens with one attached hydrogen (secondary N) is 2. The van der Waals surface area contributed by atoms with E-state index in [1.807, 2.05) is 24.3 Å². The van der Waals surface area contributed by atoms with Gasteiger partial charge in [-0.05, 0) is 29.8 Å². The van der Waals surface area contributed by atoms with E-state index in [9.17, 15) is 9.59 Å². The van der Waals surface area contributed by atoms with Crippen LogP contribution in [0.25, 0.3) is 0 Å². The van der Waals surface area contributed by atoms with Crippen LogP contribution in [0.2, 0.25) is 5.02 Å². The van der Waals surface area contributed by atoms with Crippen LogP contribution in [0.1, 0.15) is 27.7 Å². The molecule has 1 aliphatic heterocycles. The van der Waals surface area contributed by atoms with Crippen molar-refractivity contribution in [1.82, 2.24) is 20.5 Å². The molecule has 3 rings (SSSR count). The van der Waals surface area contributed by atoms with E-state index in [2.05, 4.69) is 20.4 Å². The predicted molar refractivity (Wildman–Crippen MR) is 109 cm³/mol. The first kappa shape index (κ1) is 21.9. The summed E-state index contributed by atoms with van der Waals surface area (Å²) in [6.07, 6.45) is 1.44. The lowest BCUT2D eigenvalue weighted by molar-refractivity contribution is 0.0600. The normalized spacial score (nSPS) is 16.1. The summed E-state index contributed by atoms with van der Waals surface area (Å²) in [4.78, 5) is 30.1. The fraction of sp³-hybridized carbons (Fsp3) is 0.316. The van der Waals surface area contributed by atoms with Gasteiger partial charge >= 0.3 is 12.0 Å². The number of ether oxygens (including phenoxy) is 1. The van der Waals surface area contributed by atoms with Gasteiger partial charge in [0.2, 0.25) is 0 Å². The summed E-state index contributed by atoms with van der Waals surface area (Å²) in [6, 6.07) is 10.6. The number of hydrogen-bond donors (Lipinski definition) is 2. The molecule has 1 unspecified atom stereocenters. The number of methoxy groups -OCH3 is 1. The van der Waals surface area contributed by atoms with E-state index in [1.165, 1.54) is 13.3 Å². The number of nitrogens with zero attached hydrogens (tertiary/aromatic N) is 2. The minimum absolute atomic E-state index is 0. The molecule has 1 atom stereocenters. The summed E-state index contributed by atoms with van der Waals surface area (Å²) in [6.45, 7) is 2.26. The van der Waals surface area contributed by atoms with Gasteiger partial charge in [-0.1, -0.05) is 23.7 Å². The summed E-state index contributed by atoms with van der Waals surface area (Å²) >= 11 is 6.10. The third-order valence-electron chi connectivity index (χ3n) is 4.40. The molecular weight excluding hydrogens is 403 g/mol. The Kier molecular flexibility index (Phi) is 8.04. The van der Waals surface area contributed by atoms with Gasteiger partial charge in [-0.25, -0.2) is 9.59 Å². The number of hydrogen-bond acceptors (Lipinski definition) is 5. The fourth-order valence-corrected chi connectivity index (χ4v) is 3.19. The topological polar surface area (TPSA) is 83.6 Å². The zero-order valence-electron chi connectivity index (χ0n) is 15.4. The Morgan fingerprint density at radius 1 is 1.36 bits per heavy atom. The van der Waals surface area contributed by atoms with Gasteiger partial charge in [0.25, 0.3) is 0 Å². The molecule has 0 spiro atoms. The summed E-state index contributed by atoms with van der Waals surface area (Å²) in [5.41, 5.74) is 2.02. The smallest absolute Gasteiger partial charge is 0.339 e. The van der Waals surface area contributed by atoms with E-state index in [4.69, 9.17) is 11.6 Å². The number of pyridine rings is 1. The van der Waals surface area contributed by atoms with E-state index in [-0.39, 0.29) is 31.0 Å². The Morgan fingerprint density at radius 3 is 2.86 bits per heavy atom. The number of esters is 1. The van der Waals surface area contributed by atoms with Gasteiger partial charge in [-0.15, -0.1) is 12.4 Å². The highest BCUT2D eigenvalue weighted by molar-refractivity contribution is 6.30. The maximum absolute atomic E-state index is 12.7. The molecule has 2 amide bonds. The molecule has 150 valence electrons. The SMILES string of the molecule is COC(=O)c1ccc(CNC(=O)N2CCNCC2c2cccc(Cl)c2)nc1.Cl. The first-order valence-corrected chi connectivity index (χ1v) is 9.00. The first-order chi connectivity index (χ1) is 13.1. The van der Waals surface area contributed by atoms with Crippen molar-refractivity contribution < 1.29 is 14.3 Å². The minimum atomic E-state index is -0.441. The fourth-order valence-electron chi connectivity index (χ4n) is 2.99. The number of amides is 2. The largest absolute Gasteiger partial charge is 0.465 e. The highest BCUT2D eigenvalue weighted by Crippen LogP contribution is 2.24. The molecule has 0 bridgehead atoms. The van der Waals surface area contributed by atoms with E-state index < -0.39 is 5.97 Å². The molecule has 0 saturated carbocycles. The minimum Gasteiger partial charge on any atom is -0.465 e. The van der Waals surface area contributed by atoms with Crippen LogP contribution in [0.4, 0.5) is 4.79 Å². The highest BCUT2D eigenvalue weighted by atomic mass is 35.5. The van der Waals surface area contributed by atoms with E-state index in [0.717, 1.165) is 12.1 Å². The Labute approximate surface area is 174 Å². The van der Waals surface area contributed by atoms with Crippen LogP contribution in [0.5, 0.6) is 0 Å². The molecule has 1 fully saturated rings. The number of benzene rings is 1. The van der Waals surface area contributed by atoms with E-state index in [0.29, 0.717) is 29.4 Å². The second-order valence-corrected chi connectivity index (χ2v) is 6.59. The lowest BCUT2D eigenvalue weighted by atomic mass is 10.0. The Balaban J connectivity index is 0.00000280. The number of halogens is 2. The maximum Gasteiger partial charge on any atom is 0.339 e. The Hall–Kier alpha value is -2.35. The first-order valence-electron chi connectivity index (χ1n) is 8.62. The van der Waals surface area contributed by atoms with Crippen molar-refractivity contribution in [2.24, 2.45) is 0 Å². The molecule has 1 aromatic heterocycles. The molecule has 1 aliphatic rings. The summed E-state index contributed by atoms with van der Waals surface area (Å²) in [7, 11) is 1.32. The van der Waals surface area contributed by atoms with Crippen LogP contribution < -0.4 is 10.6 Å². The van der Waals surface area contributed by atoms with Gasteiger partial charge in [0, 0.05) is 30.9 Å². The number of carbonyl (C=O) groups excluding carboxylic acids is 2. The third kappa shape index (κ3) is 5.34. The summed E-state index contributed by atoms with van der Waals surface area (Å²) < 4.78 is 4.65. The number of piperazine rings is 1. The van der Waals surface area contributed by atoms with Crippen molar-refractivity contribution in [2.45, 2.75) is 12.6 Å². The Morgan fingerprint density at radius 2 is 2.18 bits per heavy atom. The number of urea groups is 1. The zero-order valence-corrected chi connectivity index (χ0v) is 16.9. The highest BCUT2D eigenvalue weighted by Gasteiger charge is 2.27. The molecule has 2 heterocycles. The van der Waals surface area contributed by atoms with Crippen molar-refractivity contribution in [3.05, 3.63) is 64.4 Å². The number of aromatic nitrogens is 1. The number of carbonyl (C=O) groups is 2. The van der Waals surface area contributed by atoms with Gasteiger partial charge in [0.1, 0.15) is 0 Å². The average molecular weight is 425 g/mol. The zero-order chi connectivity index (χ0) is 19.2. The molecule has 0 aliphatic carbocycles. The standard InChI is InChI=1S/C19H21ClN4O3.ClH/c1-27-18(25)14-5-6-16(22-10-14)11-23-19(26)24-8-7-21-12-17(24)13-3-2-4-15(20)9-13;/h2-6,9-10,17,21H,7-8,11-12H2,1H3,(H,23,26);1H. The number of rotatable bonds is 4. The van der Waals surface area contributed by atoms with Crippen LogP contribution in [0, 0.1) is 0 Å². The molecular formula is C19H22Cl2N4O3. The molecule has 2 aromatic rings. The van der Waals surface area contributed by atoms with Crippen molar-refractivity contribution >= 4 is 36.0 Å². The van der Waals surface area contributed by atoms with Crippen molar-refractivity contribution in [1.29, 1.82) is 0 Å². The molecule has 7 nitrogen and oxygen atoms in total. The van der Waals surface area contributed by atoms with E-state index in [1.54, 1.807) is 17.0 Å². The average Bonchev–Trinajstić information content (AvgIpc) is 2.72. The third-order valence-corrected chi connectivity index (χ3v) is 4.64. The molecule has 1 aromatic carbocycles. The van der Waals surface area contributed by atoms with Crippen LogP contribution in [-0.2, 0) is 11.3 Å². The van der Waals surface area contributed by atoms with Gasteiger partial charge in [0.05, 0.1) is 31.0 Å². The summed E-state index contributed by atoms with van der Waals surface area (Å²) in [5.74, 6) is -0.441. The van der Waals surface area contributed by atoms with Gasteiger partial charge in [-0.3, -0.25) is 4.98 Å². The summed E-state index contributed by atoms with van der Waals surface area (Å²) in [5, 5.41) is 6.85. The molecule has 28 heavy (non-hydrogen) atoms.